The number of carbonyl (C=O) groups is 2. The average molecular weight is 623 g/mol. The minimum atomic E-state index is -4.61. The summed E-state index contributed by atoms with van der Waals surface area (Å²) < 4.78 is 63.3. The van der Waals surface area contributed by atoms with Crippen LogP contribution in [0.25, 0.3) is 0 Å². The summed E-state index contributed by atoms with van der Waals surface area (Å²) in [5, 5.41) is 17.4. The van der Waals surface area contributed by atoms with Gasteiger partial charge in [-0.2, -0.15) is 13.2 Å². The summed E-state index contributed by atoms with van der Waals surface area (Å²) in [5.41, 5.74) is 5.49. The number of ether oxygens (including phenoxy) is 2. The van der Waals surface area contributed by atoms with Gasteiger partial charge in [-0.25, -0.2) is 9.18 Å². The van der Waals surface area contributed by atoms with Gasteiger partial charge in [0.15, 0.2) is 0 Å². The molecule has 3 aromatic carbocycles. The van der Waals surface area contributed by atoms with Gasteiger partial charge in [-0.1, -0.05) is 11.6 Å². The number of hydrogen-bond acceptors (Lipinski definition) is 7. The van der Waals surface area contributed by atoms with E-state index in [4.69, 9.17) is 32.2 Å². The molecule has 10 nitrogen and oxygen atoms in total. The second-order valence-corrected chi connectivity index (χ2v) is 9.21. The predicted octanol–water partition coefficient (Wildman–Crippen LogP) is 5.38. The number of urea groups is 1. The molecule has 15 heteroatoms. The van der Waals surface area contributed by atoms with E-state index >= 15 is 0 Å². The van der Waals surface area contributed by atoms with Gasteiger partial charge < -0.3 is 41.9 Å². The number of anilines is 2. The number of amides is 3. The summed E-state index contributed by atoms with van der Waals surface area (Å²) in [6.07, 6.45) is -3.79. The zero-order valence-corrected chi connectivity index (χ0v) is 23.5. The molecular weight excluding hydrogens is 596 g/mol. The first-order chi connectivity index (χ1) is 20.3. The van der Waals surface area contributed by atoms with Gasteiger partial charge in [-0.05, 0) is 54.1 Å². The minimum Gasteiger partial charge on any atom is -0.497 e. The first-order valence-electron chi connectivity index (χ1n) is 12.3. The molecule has 0 saturated heterocycles. The fourth-order valence-corrected chi connectivity index (χ4v) is 3.94. The predicted molar refractivity (Wildman–Crippen MR) is 154 cm³/mol. The molecule has 43 heavy (non-hydrogen) atoms. The first kappa shape index (κ1) is 32.5. The van der Waals surface area contributed by atoms with Gasteiger partial charge in [-0.15, -0.1) is 0 Å². The molecule has 0 bridgehead atoms. The highest BCUT2D eigenvalue weighted by atomic mass is 35.5. The van der Waals surface area contributed by atoms with E-state index < -0.39 is 29.5 Å². The number of nitrogens with one attached hydrogen (secondary N) is 5. The lowest BCUT2D eigenvalue weighted by Crippen LogP contribution is -2.32. The molecule has 7 N–H and O–H groups in total. The Morgan fingerprint density at radius 1 is 0.977 bits per heavy atom. The molecule has 0 aliphatic heterocycles. The van der Waals surface area contributed by atoms with Crippen LogP contribution in [0, 0.1) is 11.2 Å². The van der Waals surface area contributed by atoms with E-state index in [9.17, 15) is 27.2 Å². The van der Waals surface area contributed by atoms with E-state index in [0.29, 0.717) is 28.7 Å². The van der Waals surface area contributed by atoms with Crippen molar-refractivity contribution < 1.29 is 36.6 Å². The summed E-state index contributed by atoms with van der Waals surface area (Å²) in [5.74, 6) is -0.341. The van der Waals surface area contributed by atoms with Gasteiger partial charge in [0.1, 0.15) is 23.0 Å². The van der Waals surface area contributed by atoms with Gasteiger partial charge in [0.25, 0.3) is 5.91 Å². The number of rotatable bonds is 11. The van der Waals surface area contributed by atoms with Crippen molar-refractivity contribution in [2.75, 3.05) is 24.9 Å². The normalized spacial score (nSPS) is 11.6. The highest BCUT2D eigenvalue weighted by Crippen LogP contribution is 2.34. The second-order valence-electron chi connectivity index (χ2n) is 8.81. The van der Waals surface area contributed by atoms with Crippen molar-refractivity contribution in [3.63, 3.8) is 0 Å². The topological polar surface area (TPSA) is 151 Å². The number of alkyl halides is 3. The van der Waals surface area contributed by atoms with Crippen LogP contribution in [0.3, 0.4) is 0 Å². The molecule has 0 aromatic heterocycles. The maximum atomic E-state index is 14.3. The average Bonchev–Trinajstić information content (AvgIpc) is 2.96. The van der Waals surface area contributed by atoms with Crippen LogP contribution in [-0.2, 0) is 24.1 Å². The van der Waals surface area contributed by atoms with E-state index in [1.165, 1.54) is 20.3 Å². The van der Waals surface area contributed by atoms with Crippen molar-refractivity contribution in [2.45, 2.75) is 19.3 Å². The highest BCUT2D eigenvalue weighted by Gasteiger charge is 2.31. The molecule has 3 rings (SSSR count). The summed E-state index contributed by atoms with van der Waals surface area (Å²) in [4.78, 5) is 25.0. The van der Waals surface area contributed by atoms with Crippen LogP contribution in [-0.4, -0.2) is 32.4 Å². The number of allylic oxidation sites excluding steroid dienone is 1. The van der Waals surface area contributed by atoms with Gasteiger partial charge in [0.2, 0.25) is 0 Å². The van der Waals surface area contributed by atoms with E-state index in [2.05, 4.69) is 21.3 Å². The SMILES string of the molecule is COc1ccc(CNC(=O)C(N)=C(C=N)NCc2cc(F)cc(NC(=O)Nc3ccc(C(F)(F)F)cc3Cl)c2)c(OC)c1. The lowest BCUT2D eigenvalue weighted by molar-refractivity contribution is -0.137. The highest BCUT2D eigenvalue weighted by molar-refractivity contribution is 6.33. The summed E-state index contributed by atoms with van der Waals surface area (Å²) in [7, 11) is 2.98. The standard InChI is InChI=1S/C28H27ClF4N6O4/c1-42-20-5-3-16(24(11-20)43-2)14-37-26(40)25(35)23(12-34)36-13-15-7-18(30)10-19(8-15)38-27(41)39-22-6-4-17(9-21(22)29)28(31,32)33/h3-12,34,36H,13-14,35H2,1-2H3,(H,37,40)(H2,38,39,41). The summed E-state index contributed by atoms with van der Waals surface area (Å²) in [6.45, 7) is -0.0273. The number of hydrogen-bond donors (Lipinski definition) is 6. The third-order valence-corrected chi connectivity index (χ3v) is 6.17. The van der Waals surface area contributed by atoms with Crippen molar-refractivity contribution in [1.82, 2.24) is 10.6 Å². The van der Waals surface area contributed by atoms with Crippen molar-refractivity contribution in [3.05, 3.63) is 93.5 Å². The third-order valence-electron chi connectivity index (χ3n) is 5.86. The Morgan fingerprint density at radius 2 is 1.72 bits per heavy atom. The molecule has 0 atom stereocenters. The molecule has 0 aliphatic rings. The Labute approximate surface area is 248 Å². The Balaban J connectivity index is 1.64. The van der Waals surface area contributed by atoms with Crippen molar-refractivity contribution in [3.8, 4) is 11.5 Å². The zero-order valence-electron chi connectivity index (χ0n) is 22.8. The molecule has 0 unspecified atom stereocenters. The molecule has 0 heterocycles. The van der Waals surface area contributed by atoms with Crippen LogP contribution < -0.4 is 36.5 Å². The largest absolute Gasteiger partial charge is 0.497 e. The maximum Gasteiger partial charge on any atom is 0.416 e. The van der Waals surface area contributed by atoms with Crippen LogP contribution in [0.5, 0.6) is 11.5 Å². The molecular formula is C28H27ClF4N6O4. The number of nitrogens with two attached hydrogens (primary N) is 1. The molecule has 0 spiro atoms. The Kier molecular flexibility index (Phi) is 10.8. The number of halogens is 5. The molecule has 0 saturated carbocycles. The molecule has 0 fully saturated rings. The second kappa shape index (κ2) is 14.3. The lowest BCUT2D eigenvalue weighted by atomic mass is 10.1. The molecule has 228 valence electrons. The fraction of sp³-hybridized carbons (Fsp3) is 0.179. The van der Waals surface area contributed by atoms with Crippen LogP contribution in [0.4, 0.5) is 33.7 Å². The van der Waals surface area contributed by atoms with Crippen molar-refractivity contribution in [2.24, 2.45) is 5.73 Å². The first-order valence-corrected chi connectivity index (χ1v) is 12.7. The molecule has 3 amide bonds. The van der Waals surface area contributed by atoms with Crippen LogP contribution in [0.15, 0.2) is 66.0 Å². The van der Waals surface area contributed by atoms with E-state index in [-0.39, 0.29) is 40.9 Å². The Bertz CT molecular complexity index is 1550. The number of carbonyl (C=O) groups excluding carboxylic acids is 2. The van der Waals surface area contributed by atoms with E-state index in [1.54, 1.807) is 18.2 Å². The maximum absolute atomic E-state index is 14.3. The molecule has 3 aromatic rings. The quantitative estimate of drug-likeness (QED) is 0.0959. The summed E-state index contributed by atoms with van der Waals surface area (Å²) >= 11 is 5.86. The van der Waals surface area contributed by atoms with E-state index in [1.807, 2.05) is 0 Å². The molecule has 0 aliphatic carbocycles. The van der Waals surface area contributed by atoms with Gasteiger partial charge in [0.05, 0.1) is 36.2 Å². The number of methoxy groups -OCH3 is 2. The zero-order chi connectivity index (χ0) is 31.7. The monoisotopic (exact) mass is 622 g/mol. The van der Waals surface area contributed by atoms with Crippen LogP contribution >= 0.6 is 11.6 Å². The van der Waals surface area contributed by atoms with Crippen molar-refractivity contribution in [1.29, 1.82) is 5.41 Å². The fourth-order valence-electron chi connectivity index (χ4n) is 3.71. The third kappa shape index (κ3) is 9.00. The number of benzene rings is 3. The molecule has 0 radical (unpaired) electrons. The van der Waals surface area contributed by atoms with Gasteiger partial charge >= 0.3 is 12.2 Å². The van der Waals surface area contributed by atoms with Crippen LogP contribution in [0.2, 0.25) is 5.02 Å². The summed E-state index contributed by atoms with van der Waals surface area (Å²) in [6, 6.07) is 10.1. The van der Waals surface area contributed by atoms with Gasteiger partial charge in [0, 0.05) is 36.6 Å². The van der Waals surface area contributed by atoms with Gasteiger partial charge in [-0.3, -0.25) is 4.79 Å². The van der Waals surface area contributed by atoms with Crippen molar-refractivity contribution >= 4 is 41.1 Å². The van der Waals surface area contributed by atoms with Crippen LogP contribution in [0.1, 0.15) is 16.7 Å². The smallest absolute Gasteiger partial charge is 0.416 e. The minimum absolute atomic E-state index is 0.0110. The Morgan fingerprint density at radius 3 is 2.35 bits per heavy atom. The Hall–Kier alpha value is -4.98. The van der Waals surface area contributed by atoms with E-state index in [0.717, 1.165) is 30.5 Å². The lowest BCUT2D eigenvalue weighted by Gasteiger charge is -2.14.